The molecule has 2 fully saturated rings. The Morgan fingerprint density at radius 2 is 2.30 bits per heavy atom. The number of nitrogens with one attached hydrogen (secondary N) is 1. The molecule has 122 valence electrons. The highest BCUT2D eigenvalue weighted by molar-refractivity contribution is 5.87. The van der Waals surface area contributed by atoms with Gasteiger partial charge in [-0.25, -0.2) is 0 Å². The third kappa shape index (κ3) is 3.26. The van der Waals surface area contributed by atoms with E-state index >= 15 is 0 Å². The Balaban J connectivity index is 1.34. The molecule has 1 aliphatic heterocycles. The molecule has 0 bridgehead atoms. The zero-order valence-electron chi connectivity index (χ0n) is 13.1. The highest BCUT2D eigenvalue weighted by Crippen LogP contribution is 2.38. The van der Waals surface area contributed by atoms with E-state index in [0.29, 0.717) is 30.2 Å². The first-order valence-corrected chi connectivity index (χ1v) is 8.05. The first kappa shape index (κ1) is 14.4. The van der Waals surface area contributed by atoms with Crippen LogP contribution in [0.5, 0.6) is 0 Å². The van der Waals surface area contributed by atoms with Crippen LogP contribution < -0.4 is 5.32 Å². The number of likely N-dealkylation sites (tertiary alicyclic amines) is 1. The maximum absolute atomic E-state index is 11.1. The summed E-state index contributed by atoms with van der Waals surface area (Å²) in [4.78, 5) is 17.8. The molecule has 1 saturated carbocycles. The number of aromatic nitrogens is 4. The number of hydrogen-bond acceptors (Lipinski definition) is 6. The molecule has 8 heteroatoms. The van der Waals surface area contributed by atoms with Crippen LogP contribution in [-0.2, 0) is 11.3 Å². The highest BCUT2D eigenvalue weighted by atomic mass is 16.5. The van der Waals surface area contributed by atoms with Crippen LogP contribution in [0.2, 0.25) is 0 Å². The summed E-state index contributed by atoms with van der Waals surface area (Å²) in [5.41, 5.74) is 0. The van der Waals surface area contributed by atoms with Crippen molar-refractivity contribution in [1.82, 2.24) is 24.8 Å². The molecule has 2 aromatic rings. The number of carbonyl (C=O) groups is 1. The van der Waals surface area contributed by atoms with Gasteiger partial charge in [0.15, 0.2) is 11.6 Å². The van der Waals surface area contributed by atoms with Crippen molar-refractivity contribution in [2.75, 3.05) is 18.4 Å². The predicted octanol–water partition coefficient (Wildman–Crippen LogP) is 1.55. The second-order valence-corrected chi connectivity index (χ2v) is 6.36. The van der Waals surface area contributed by atoms with Gasteiger partial charge in [-0.05, 0) is 19.3 Å². The fourth-order valence-corrected chi connectivity index (χ4v) is 2.99. The number of amides is 1. The lowest BCUT2D eigenvalue weighted by Crippen LogP contribution is -2.21. The van der Waals surface area contributed by atoms with Crippen LogP contribution in [0.25, 0.3) is 0 Å². The average Bonchev–Trinajstić information content (AvgIpc) is 2.90. The van der Waals surface area contributed by atoms with Gasteiger partial charge < -0.3 is 9.84 Å². The lowest BCUT2D eigenvalue weighted by atomic mass is 10.3. The summed E-state index contributed by atoms with van der Waals surface area (Å²) in [5.74, 6) is 2.58. The summed E-state index contributed by atoms with van der Waals surface area (Å²) in [6, 6.07) is 2.13. The van der Waals surface area contributed by atoms with Crippen molar-refractivity contribution in [3.05, 3.63) is 24.0 Å². The normalized spacial score (nSPS) is 21.7. The first-order valence-electron chi connectivity index (χ1n) is 8.05. The summed E-state index contributed by atoms with van der Waals surface area (Å²) in [6.07, 6.45) is 5.30. The Hall–Kier alpha value is -2.22. The Bertz CT molecular complexity index is 704. The van der Waals surface area contributed by atoms with Crippen LogP contribution in [0.15, 0.2) is 16.8 Å². The molecule has 23 heavy (non-hydrogen) atoms. The number of hydrogen-bond donors (Lipinski definition) is 1. The Morgan fingerprint density at radius 1 is 1.43 bits per heavy atom. The fourth-order valence-electron chi connectivity index (χ4n) is 2.99. The van der Waals surface area contributed by atoms with Gasteiger partial charge in [0.05, 0.1) is 12.6 Å². The quantitative estimate of drug-likeness (QED) is 0.900. The molecule has 0 spiro atoms. The van der Waals surface area contributed by atoms with E-state index < -0.39 is 0 Å². The third-order valence-corrected chi connectivity index (χ3v) is 4.32. The van der Waals surface area contributed by atoms with E-state index in [0.717, 1.165) is 25.3 Å². The molecular weight excluding hydrogens is 296 g/mol. The summed E-state index contributed by atoms with van der Waals surface area (Å²) in [7, 11) is 0. The van der Waals surface area contributed by atoms with Crippen LogP contribution in [0.3, 0.4) is 0 Å². The predicted molar refractivity (Wildman–Crippen MR) is 81.7 cm³/mol. The lowest BCUT2D eigenvalue weighted by Gasteiger charge is -2.13. The van der Waals surface area contributed by atoms with Crippen molar-refractivity contribution in [2.45, 2.75) is 44.7 Å². The molecule has 2 aromatic heterocycles. The summed E-state index contributed by atoms with van der Waals surface area (Å²) < 4.78 is 7.27. The third-order valence-electron chi connectivity index (χ3n) is 4.32. The van der Waals surface area contributed by atoms with Gasteiger partial charge >= 0.3 is 0 Å². The number of rotatable bonds is 5. The number of nitrogens with zero attached hydrogens (tertiary/aromatic N) is 5. The van der Waals surface area contributed by atoms with Crippen LogP contribution in [-0.4, -0.2) is 43.8 Å². The minimum Gasteiger partial charge on any atom is -0.338 e. The van der Waals surface area contributed by atoms with Gasteiger partial charge in [0.25, 0.3) is 0 Å². The molecule has 1 saturated heterocycles. The smallest absolute Gasteiger partial charge is 0.240 e. The minimum absolute atomic E-state index is 0.105. The SMILES string of the molecule is CC(=O)Nc1ccn(C2CCN(Cc3nc(C4CC4)no3)C2)n1. The van der Waals surface area contributed by atoms with Gasteiger partial charge in [-0.15, -0.1) is 0 Å². The molecule has 1 amide bonds. The van der Waals surface area contributed by atoms with Crippen molar-refractivity contribution < 1.29 is 9.32 Å². The van der Waals surface area contributed by atoms with Gasteiger partial charge in [-0.2, -0.15) is 10.1 Å². The van der Waals surface area contributed by atoms with Gasteiger partial charge in [0.1, 0.15) is 0 Å². The fraction of sp³-hybridized carbons (Fsp3) is 0.600. The Kier molecular flexibility index (Phi) is 3.60. The van der Waals surface area contributed by atoms with E-state index in [1.165, 1.54) is 19.8 Å². The van der Waals surface area contributed by atoms with E-state index in [9.17, 15) is 4.79 Å². The van der Waals surface area contributed by atoms with Crippen LogP contribution in [0.4, 0.5) is 5.82 Å². The second kappa shape index (κ2) is 5.77. The first-order chi connectivity index (χ1) is 11.2. The molecular formula is C15H20N6O2. The zero-order chi connectivity index (χ0) is 15.8. The van der Waals surface area contributed by atoms with Crippen molar-refractivity contribution in [1.29, 1.82) is 0 Å². The van der Waals surface area contributed by atoms with Gasteiger partial charge in [0.2, 0.25) is 11.8 Å². The van der Waals surface area contributed by atoms with E-state index in [1.807, 2.05) is 16.9 Å². The molecule has 8 nitrogen and oxygen atoms in total. The monoisotopic (exact) mass is 316 g/mol. The maximum atomic E-state index is 11.1. The maximum Gasteiger partial charge on any atom is 0.240 e. The Morgan fingerprint density at radius 3 is 3.09 bits per heavy atom. The van der Waals surface area contributed by atoms with Gasteiger partial charge in [-0.1, -0.05) is 5.16 Å². The van der Waals surface area contributed by atoms with E-state index in [1.54, 1.807) is 0 Å². The molecule has 1 N–H and O–H groups in total. The molecule has 0 radical (unpaired) electrons. The van der Waals surface area contributed by atoms with Crippen LogP contribution >= 0.6 is 0 Å². The van der Waals surface area contributed by atoms with E-state index in [4.69, 9.17) is 4.52 Å². The van der Waals surface area contributed by atoms with Crippen molar-refractivity contribution in [3.63, 3.8) is 0 Å². The topological polar surface area (TPSA) is 89.1 Å². The standard InChI is InChI=1S/C15H20N6O2/c1-10(22)16-13-5-7-21(18-13)12-4-6-20(8-12)9-14-17-15(19-23-14)11-2-3-11/h5,7,11-12H,2-4,6,8-9H2,1H3,(H,16,18,22). The average molecular weight is 316 g/mol. The molecule has 1 atom stereocenters. The minimum atomic E-state index is -0.105. The number of anilines is 1. The zero-order valence-corrected chi connectivity index (χ0v) is 13.1. The molecule has 3 heterocycles. The van der Waals surface area contributed by atoms with Crippen molar-refractivity contribution >= 4 is 11.7 Å². The van der Waals surface area contributed by atoms with Gasteiger partial charge in [0, 0.05) is 38.2 Å². The second-order valence-electron chi connectivity index (χ2n) is 6.36. The van der Waals surface area contributed by atoms with Crippen molar-refractivity contribution in [3.8, 4) is 0 Å². The van der Waals surface area contributed by atoms with E-state index in [2.05, 4.69) is 25.5 Å². The molecule has 1 aliphatic carbocycles. The largest absolute Gasteiger partial charge is 0.338 e. The molecule has 0 aromatic carbocycles. The lowest BCUT2D eigenvalue weighted by molar-refractivity contribution is -0.114. The number of carbonyl (C=O) groups excluding carboxylic acids is 1. The van der Waals surface area contributed by atoms with Gasteiger partial charge in [-0.3, -0.25) is 14.4 Å². The van der Waals surface area contributed by atoms with Crippen LogP contribution in [0.1, 0.15) is 49.9 Å². The molecule has 2 aliphatic rings. The van der Waals surface area contributed by atoms with E-state index in [-0.39, 0.29) is 5.91 Å². The Labute approximate surface area is 133 Å². The summed E-state index contributed by atoms with van der Waals surface area (Å²) in [5, 5.41) is 11.2. The highest BCUT2D eigenvalue weighted by Gasteiger charge is 2.30. The summed E-state index contributed by atoms with van der Waals surface area (Å²) in [6.45, 7) is 4.04. The van der Waals surface area contributed by atoms with Crippen molar-refractivity contribution in [2.24, 2.45) is 0 Å². The molecule has 1 unspecified atom stereocenters. The molecule has 4 rings (SSSR count). The van der Waals surface area contributed by atoms with Crippen LogP contribution in [0, 0.1) is 0 Å². The summed E-state index contributed by atoms with van der Waals surface area (Å²) >= 11 is 0.